The summed E-state index contributed by atoms with van der Waals surface area (Å²) in [4.78, 5) is 19.0. The van der Waals surface area contributed by atoms with Crippen LogP contribution >= 0.6 is 24.0 Å². The minimum Gasteiger partial charge on any atom is -0.361 e. The molecular formula is C21H27FIN5O. The molecule has 0 amide bonds. The number of H-pyrrole nitrogens is 1. The number of benzene rings is 1. The van der Waals surface area contributed by atoms with Gasteiger partial charge in [-0.2, -0.15) is 0 Å². The summed E-state index contributed by atoms with van der Waals surface area (Å²) in [5, 5.41) is 7.48. The second-order valence-corrected chi connectivity index (χ2v) is 6.62. The zero-order chi connectivity index (χ0) is 19.8. The average molecular weight is 511 g/mol. The van der Waals surface area contributed by atoms with Gasteiger partial charge in [0.2, 0.25) is 5.56 Å². The Balaban J connectivity index is 0.00000300. The van der Waals surface area contributed by atoms with Gasteiger partial charge in [0.05, 0.1) is 0 Å². The van der Waals surface area contributed by atoms with Crippen molar-refractivity contribution < 1.29 is 4.39 Å². The Kier molecular flexibility index (Phi) is 9.17. The number of aryl methyl sites for hydroxylation is 1. The highest BCUT2D eigenvalue weighted by Gasteiger charge is 2.05. The van der Waals surface area contributed by atoms with E-state index in [4.69, 9.17) is 0 Å². The number of guanidine groups is 1. The molecule has 6 nitrogen and oxygen atoms in total. The second-order valence-electron chi connectivity index (χ2n) is 6.62. The Hall–Kier alpha value is -2.36. The molecule has 3 aromatic rings. The maximum Gasteiger partial charge on any atom is 0.250 e. The van der Waals surface area contributed by atoms with E-state index in [9.17, 15) is 9.18 Å². The number of pyridine rings is 1. The van der Waals surface area contributed by atoms with Crippen molar-refractivity contribution >= 4 is 40.8 Å². The van der Waals surface area contributed by atoms with Crippen molar-refractivity contribution in [2.24, 2.45) is 4.99 Å². The first kappa shape index (κ1) is 22.9. The smallest absolute Gasteiger partial charge is 0.250 e. The van der Waals surface area contributed by atoms with E-state index < -0.39 is 0 Å². The number of unbranched alkanes of at least 4 members (excludes halogenated alkanes) is 1. The van der Waals surface area contributed by atoms with Crippen LogP contribution in [0.5, 0.6) is 0 Å². The standard InChI is InChI=1S/C21H26FN5O.HI/c1-23-21(24-10-3-5-13-27-12-4-2-6-20(27)28)25-11-9-16-15-26-19-8-7-17(22)14-18(16)19;/h2,4,6-8,12,14-15,26H,3,5,9-11,13H2,1H3,(H2,23,24,25);1H. The molecule has 1 aromatic carbocycles. The van der Waals surface area contributed by atoms with Crippen LogP contribution in [0.2, 0.25) is 0 Å². The lowest BCUT2D eigenvalue weighted by molar-refractivity contribution is 0.585. The van der Waals surface area contributed by atoms with E-state index in [0.29, 0.717) is 13.1 Å². The number of aromatic nitrogens is 2. The molecule has 29 heavy (non-hydrogen) atoms. The first-order valence-corrected chi connectivity index (χ1v) is 9.53. The summed E-state index contributed by atoms with van der Waals surface area (Å²) >= 11 is 0. The molecule has 0 bridgehead atoms. The van der Waals surface area contributed by atoms with E-state index in [0.717, 1.165) is 48.2 Å². The number of hydrogen-bond donors (Lipinski definition) is 3. The molecule has 2 heterocycles. The SMILES string of the molecule is CN=C(NCCCCn1ccccc1=O)NCCc1c[nH]c2ccc(F)cc12.I. The number of aliphatic imine (C=N–C) groups is 1. The zero-order valence-electron chi connectivity index (χ0n) is 16.5. The van der Waals surface area contributed by atoms with E-state index in [-0.39, 0.29) is 35.4 Å². The predicted octanol–water partition coefficient (Wildman–Crippen LogP) is 3.27. The van der Waals surface area contributed by atoms with Gasteiger partial charge in [0.25, 0.3) is 0 Å². The van der Waals surface area contributed by atoms with Gasteiger partial charge in [-0.3, -0.25) is 9.79 Å². The minimum absolute atomic E-state index is 0. The molecule has 0 atom stereocenters. The maximum absolute atomic E-state index is 13.5. The third kappa shape index (κ3) is 6.59. The number of nitrogens with zero attached hydrogens (tertiary/aromatic N) is 2. The largest absolute Gasteiger partial charge is 0.361 e. The van der Waals surface area contributed by atoms with Crippen molar-refractivity contribution in [2.75, 3.05) is 20.1 Å². The van der Waals surface area contributed by atoms with Crippen LogP contribution in [0.1, 0.15) is 18.4 Å². The molecule has 3 rings (SSSR count). The van der Waals surface area contributed by atoms with E-state index in [1.807, 2.05) is 18.5 Å². The van der Waals surface area contributed by atoms with Crippen molar-refractivity contribution in [3.63, 3.8) is 0 Å². The van der Waals surface area contributed by atoms with Crippen LogP contribution in [0.15, 0.2) is 58.6 Å². The van der Waals surface area contributed by atoms with Crippen molar-refractivity contribution in [1.82, 2.24) is 20.2 Å². The van der Waals surface area contributed by atoms with Crippen LogP contribution in [0.25, 0.3) is 10.9 Å². The van der Waals surface area contributed by atoms with Crippen molar-refractivity contribution in [3.05, 3.63) is 70.5 Å². The summed E-state index contributed by atoms with van der Waals surface area (Å²) in [6.45, 7) is 2.19. The summed E-state index contributed by atoms with van der Waals surface area (Å²) in [6, 6.07) is 9.97. The normalized spacial score (nSPS) is 11.3. The fraction of sp³-hybridized carbons (Fsp3) is 0.333. The van der Waals surface area contributed by atoms with Crippen molar-refractivity contribution in [1.29, 1.82) is 0 Å². The van der Waals surface area contributed by atoms with Crippen LogP contribution < -0.4 is 16.2 Å². The van der Waals surface area contributed by atoms with Gasteiger partial charge in [-0.05, 0) is 49.1 Å². The highest BCUT2D eigenvalue weighted by Crippen LogP contribution is 2.19. The average Bonchev–Trinajstić information content (AvgIpc) is 3.09. The Bertz CT molecular complexity index is 998. The molecule has 0 aliphatic heterocycles. The molecule has 0 aliphatic rings. The van der Waals surface area contributed by atoms with Crippen LogP contribution in [0.4, 0.5) is 4.39 Å². The van der Waals surface area contributed by atoms with Gasteiger partial charge in [-0.15, -0.1) is 24.0 Å². The van der Waals surface area contributed by atoms with Crippen molar-refractivity contribution in [3.8, 4) is 0 Å². The van der Waals surface area contributed by atoms with Crippen molar-refractivity contribution in [2.45, 2.75) is 25.8 Å². The predicted molar refractivity (Wildman–Crippen MR) is 127 cm³/mol. The molecule has 0 aliphatic carbocycles. The number of nitrogens with one attached hydrogen (secondary N) is 3. The second kappa shape index (κ2) is 11.6. The quantitative estimate of drug-likeness (QED) is 0.188. The monoisotopic (exact) mass is 511 g/mol. The number of fused-ring (bicyclic) bond motifs is 1. The van der Waals surface area contributed by atoms with Gasteiger partial charge >= 0.3 is 0 Å². The lowest BCUT2D eigenvalue weighted by Gasteiger charge is -2.12. The van der Waals surface area contributed by atoms with Gasteiger partial charge in [-0.25, -0.2) is 4.39 Å². The molecule has 0 spiro atoms. The molecule has 0 saturated heterocycles. The lowest BCUT2D eigenvalue weighted by atomic mass is 10.1. The third-order valence-corrected chi connectivity index (χ3v) is 4.66. The summed E-state index contributed by atoms with van der Waals surface area (Å²) in [7, 11) is 1.74. The van der Waals surface area contributed by atoms with E-state index in [2.05, 4.69) is 20.6 Å². The van der Waals surface area contributed by atoms with Gasteiger partial charge in [0, 0.05) is 56.0 Å². The number of aromatic amines is 1. The number of rotatable bonds is 8. The molecular weight excluding hydrogens is 484 g/mol. The Morgan fingerprint density at radius 1 is 1.17 bits per heavy atom. The molecule has 2 aromatic heterocycles. The Labute approximate surface area is 186 Å². The first-order chi connectivity index (χ1) is 13.7. The molecule has 0 radical (unpaired) electrons. The number of hydrogen-bond acceptors (Lipinski definition) is 2. The first-order valence-electron chi connectivity index (χ1n) is 9.53. The summed E-state index contributed by atoms with van der Waals surface area (Å²) in [6.07, 6.45) is 6.35. The molecule has 156 valence electrons. The lowest BCUT2D eigenvalue weighted by Crippen LogP contribution is -2.38. The molecule has 0 fully saturated rings. The zero-order valence-corrected chi connectivity index (χ0v) is 18.8. The van der Waals surface area contributed by atoms with Crippen LogP contribution in [-0.4, -0.2) is 35.6 Å². The molecule has 3 N–H and O–H groups in total. The van der Waals surface area contributed by atoms with Gasteiger partial charge in [0.1, 0.15) is 5.82 Å². The van der Waals surface area contributed by atoms with Crippen LogP contribution in [-0.2, 0) is 13.0 Å². The summed E-state index contributed by atoms with van der Waals surface area (Å²) < 4.78 is 15.2. The third-order valence-electron chi connectivity index (χ3n) is 4.66. The fourth-order valence-corrected chi connectivity index (χ4v) is 3.15. The van der Waals surface area contributed by atoms with E-state index in [1.165, 1.54) is 6.07 Å². The summed E-state index contributed by atoms with van der Waals surface area (Å²) in [5.74, 6) is 0.513. The molecule has 0 saturated carbocycles. The maximum atomic E-state index is 13.5. The molecule has 8 heteroatoms. The van der Waals surface area contributed by atoms with Gasteiger partial charge in [-0.1, -0.05) is 6.07 Å². The Morgan fingerprint density at radius 3 is 2.79 bits per heavy atom. The highest BCUT2D eigenvalue weighted by atomic mass is 127. The van der Waals surface area contributed by atoms with Crippen LogP contribution in [0, 0.1) is 5.82 Å². The highest BCUT2D eigenvalue weighted by molar-refractivity contribution is 14.0. The topological polar surface area (TPSA) is 74.2 Å². The van der Waals surface area contributed by atoms with Gasteiger partial charge in [0.15, 0.2) is 5.96 Å². The molecule has 0 unspecified atom stereocenters. The van der Waals surface area contributed by atoms with Crippen LogP contribution in [0.3, 0.4) is 0 Å². The van der Waals surface area contributed by atoms with E-state index in [1.54, 1.807) is 35.9 Å². The fourth-order valence-electron chi connectivity index (χ4n) is 3.15. The minimum atomic E-state index is -0.225. The van der Waals surface area contributed by atoms with Gasteiger partial charge < -0.3 is 20.2 Å². The number of halogens is 2. The summed E-state index contributed by atoms with van der Waals surface area (Å²) in [5.41, 5.74) is 2.05. The van der Waals surface area contributed by atoms with E-state index >= 15 is 0 Å². The Morgan fingerprint density at radius 2 is 2.00 bits per heavy atom.